The predicted molar refractivity (Wildman–Crippen MR) is 84.1 cm³/mol. The minimum Gasteiger partial charge on any atom is -0.341 e. The number of nitrogens with zero attached hydrogens (tertiary/aromatic N) is 1. The van der Waals surface area contributed by atoms with E-state index in [9.17, 15) is 4.79 Å². The number of amides is 1. The summed E-state index contributed by atoms with van der Waals surface area (Å²) in [6.07, 6.45) is 0.877. The van der Waals surface area contributed by atoms with Crippen LogP contribution < -0.4 is 0 Å². The lowest BCUT2D eigenvalue weighted by atomic mass is 10.2. The van der Waals surface area contributed by atoms with E-state index in [1.54, 1.807) is 34.4 Å². The molecule has 0 atom stereocenters. The highest BCUT2D eigenvalue weighted by atomic mass is 79.9. The first-order valence-electron chi connectivity index (χ1n) is 5.80. The van der Waals surface area contributed by atoms with Crippen molar-refractivity contribution in [3.8, 4) is 0 Å². The van der Waals surface area contributed by atoms with Crippen molar-refractivity contribution in [2.45, 2.75) is 6.42 Å². The number of halogens is 2. The average molecular weight is 359 g/mol. The molecule has 0 radical (unpaired) electrons. The van der Waals surface area contributed by atoms with Crippen LogP contribution >= 0.6 is 38.9 Å². The number of carbonyl (C=O) groups is 1. The molecule has 1 aromatic heterocycles. The number of carbonyl (C=O) groups excluding carboxylic acids is 1. The second-order valence-corrected chi connectivity index (χ2v) is 6.60. The first kappa shape index (κ1) is 14.6. The Hall–Kier alpha value is -0.840. The molecule has 0 unspecified atom stereocenters. The minimum absolute atomic E-state index is 0.0141. The first-order valence-corrected chi connectivity index (χ1v) is 7.85. The van der Waals surface area contributed by atoms with Gasteiger partial charge in [0.25, 0.3) is 5.91 Å². The van der Waals surface area contributed by atoms with Crippen LogP contribution in [0.3, 0.4) is 0 Å². The Kier molecular flexibility index (Phi) is 5.02. The molecule has 5 heteroatoms. The Labute approximate surface area is 130 Å². The van der Waals surface area contributed by atoms with Gasteiger partial charge >= 0.3 is 0 Å². The van der Waals surface area contributed by atoms with Gasteiger partial charge < -0.3 is 4.90 Å². The molecule has 0 saturated carbocycles. The SMILES string of the molecule is CN(CCc1cccs1)C(=O)c1cc(Cl)cc(Br)c1. The second-order valence-electron chi connectivity index (χ2n) is 4.21. The van der Waals surface area contributed by atoms with E-state index in [4.69, 9.17) is 11.6 Å². The van der Waals surface area contributed by atoms with Gasteiger partial charge in [-0.1, -0.05) is 33.6 Å². The van der Waals surface area contributed by atoms with E-state index in [-0.39, 0.29) is 5.91 Å². The Morgan fingerprint density at radius 2 is 2.21 bits per heavy atom. The predicted octanol–water partition coefficient (Wildman–Crippen LogP) is 4.48. The monoisotopic (exact) mass is 357 g/mol. The van der Waals surface area contributed by atoms with Crippen molar-refractivity contribution in [1.82, 2.24) is 4.90 Å². The molecule has 0 N–H and O–H groups in total. The van der Waals surface area contributed by atoms with Crippen LogP contribution in [0.15, 0.2) is 40.2 Å². The molecule has 1 aromatic carbocycles. The maximum Gasteiger partial charge on any atom is 0.253 e. The van der Waals surface area contributed by atoms with E-state index in [1.807, 2.05) is 18.5 Å². The number of thiophene rings is 1. The van der Waals surface area contributed by atoms with Crippen LogP contribution in [0.1, 0.15) is 15.2 Å². The molecule has 2 aromatic rings. The van der Waals surface area contributed by atoms with E-state index < -0.39 is 0 Å². The number of hydrogen-bond acceptors (Lipinski definition) is 2. The Balaban J connectivity index is 2.02. The standard InChI is InChI=1S/C14H13BrClNOS/c1-17(5-4-13-3-2-6-19-13)14(18)10-7-11(15)9-12(16)8-10/h2-3,6-9H,4-5H2,1H3. The highest BCUT2D eigenvalue weighted by Crippen LogP contribution is 2.20. The van der Waals surface area contributed by atoms with Crippen molar-refractivity contribution in [3.63, 3.8) is 0 Å². The van der Waals surface area contributed by atoms with Crippen LogP contribution in [-0.2, 0) is 6.42 Å². The van der Waals surface area contributed by atoms with E-state index in [2.05, 4.69) is 22.0 Å². The molecule has 100 valence electrons. The third-order valence-corrected chi connectivity index (χ3v) is 4.34. The number of likely N-dealkylation sites (N-methyl/N-ethyl adjacent to an activating group) is 1. The highest BCUT2D eigenvalue weighted by Gasteiger charge is 2.13. The summed E-state index contributed by atoms with van der Waals surface area (Å²) in [4.78, 5) is 15.3. The zero-order chi connectivity index (χ0) is 13.8. The molecule has 0 saturated heterocycles. The van der Waals surface area contributed by atoms with Crippen LogP contribution in [0.4, 0.5) is 0 Å². The molecule has 2 nitrogen and oxygen atoms in total. The smallest absolute Gasteiger partial charge is 0.253 e. The molecular formula is C14H13BrClNOS. The van der Waals surface area contributed by atoms with E-state index in [1.165, 1.54) is 4.88 Å². The van der Waals surface area contributed by atoms with Crippen LogP contribution in [0.5, 0.6) is 0 Å². The van der Waals surface area contributed by atoms with E-state index in [0.29, 0.717) is 17.1 Å². The summed E-state index contributed by atoms with van der Waals surface area (Å²) in [5, 5.41) is 2.61. The maximum absolute atomic E-state index is 12.3. The van der Waals surface area contributed by atoms with Crippen molar-refractivity contribution in [1.29, 1.82) is 0 Å². The zero-order valence-corrected chi connectivity index (χ0v) is 13.6. The third kappa shape index (κ3) is 4.06. The Morgan fingerprint density at radius 1 is 1.42 bits per heavy atom. The summed E-state index contributed by atoms with van der Waals surface area (Å²) < 4.78 is 0.815. The van der Waals surface area contributed by atoms with Crippen LogP contribution in [0.2, 0.25) is 5.02 Å². The van der Waals surface area contributed by atoms with E-state index in [0.717, 1.165) is 10.9 Å². The summed E-state index contributed by atoms with van der Waals surface area (Å²) in [5.74, 6) is -0.0141. The number of rotatable bonds is 4. The van der Waals surface area contributed by atoms with Crippen molar-refractivity contribution in [3.05, 3.63) is 55.6 Å². The van der Waals surface area contributed by atoms with Gasteiger partial charge in [0, 0.05) is 33.5 Å². The Morgan fingerprint density at radius 3 is 2.84 bits per heavy atom. The van der Waals surface area contributed by atoms with Crippen molar-refractivity contribution >= 4 is 44.8 Å². The quantitative estimate of drug-likeness (QED) is 0.789. The summed E-state index contributed by atoms with van der Waals surface area (Å²) in [7, 11) is 1.81. The van der Waals surface area contributed by atoms with Crippen LogP contribution in [-0.4, -0.2) is 24.4 Å². The van der Waals surface area contributed by atoms with Crippen LogP contribution in [0.25, 0.3) is 0 Å². The summed E-state index contributed by atoms with van der Waals surface area (Å²) >= 11 is 11.0. The molecule has 19 heavy (non-hydrogen) atoms. The second kappa shape index (κ2) is 6.55. The largest absolute Gasteiger partial charge is 0.341 e. The fourth-order valence-electron chi connectivity index (χ4n) is 1.73. The molecule has 0 aliphatic heterocycles. The van der Waals surface area contributed by atoms with Crippen molar-refractivity contribution < 1.29 is 4.79 Å². The molecule has 0 aliphatic carbocycles. The van der Waals surface area contributed by atoms with Gasteiger partial charge in [0.1, 0.15) is 0 Å². The van der Waals surface area contributed by atoms with E-state index >= 15 is 0 Å². The van der Waals surface area contributed by atoms with Gasteiger partial charge in [-0.05, 0) is 36.1 Å². The highest BCUT2D eigenvalue weighted by molar-refractivity contribution is 9.10. The molecule has 1 amide bonds. The van der Waals surface area contributed by atoms with Crippen LogP contribution in [0, 0.1) is 0 Å². The van der Waals surface area contributed by atoms with Gasteiger partial charge in [-0.3, -0.25) is 4.79 Å². The molecule has 0 bridgehead atoms. The summed E-state index contributed by atoms with van der Waals surface area (Å²) in [5.41, 5.74) is 0.605. The number of benzene rings is 1. The summed E-state index contributed by atoms with van der Waals surface area (Å²) in [6.45, 7) is 0.698. The molecule has 1 heterocycles. The maximum atomic E-state index is 12.3. The topological polar surface area (TPSA) is 20.3 Å². The molecule has 2 rings (SSSR count). The fourth-order valence-corrected chi connectivity index (χ4v) is 3.29. The molecular weight excluding hydrogens is 346 g/mol. The van der Waals surface area contributed by atoms with Gasteiger partial charge in [-0.2, -0.15) is 0 Å². The van der Waals surface area contributed by atoms with Gasteiger partial charge in [-0.15, -0.1) is 11.3 Å². The zero-order valence-electron chi connectivity index (χ0n) is 10.4. The number of hydrogen-bond donors (Lipinski definition) is 0. The van der Waals surface area contributed by atoms with Gasteiger partial charge in [0.15, 0.2) is 0 Å². The summed E-state index contributed by atoms with van der Waals surface area (Å²) in [6, 6.07) is 9.35. The molecule has 0 spiro atoms. The lowest BCUT2D eigenvalue weighted by Crippen LogP contribution is -2.28. The lowest BCUT2D eigenvalue weighted by Gasteiger charge is -2.17. The lowest BCUT2D eigenvalue weighted by molar-refractivity contribution is 0.0797. The first-order chi connectivity index (χ1) is 9.06. The minimum atomic E-state index is -0.0141. The molecule has 0 fully saturated rings. The normalized spacial score (nSPS) is 10.5. The third-order valence-electron chi connectivity index (χ3n) is 2.73. The van der Waals surface area contributed by atoms with Gasteiger partial charge in [0.05, 0.1) is 0 Å². The van der Waals surface area contributed by atoms with Crippen molar-refractivity contribution in [2.75, 3.05) is 13.6 Å². The van der Waals surface area contributed by atoms with Crippen molar-refractivity contribution in [2.24, 2.45) is 0 Å². The molecule has 0 aliphatic rings. The fraction of sp³-hybridized carbons (Fsp3) is 0.214. The average Bonchev–Trinajstić information content (AvgIpc) is 2.87. The Bertz CT molecular complexity index is 551. The van der Waals surface area contributed by atoms with Gasteiger partial charge in [-0.25, -0.2) is 0 Å². The van der Waals surface area contributed by atoms with Gasteiger partial charge in [0.2, 0.25) is 0 Å².